The van der Waals surface area contributed by atoms with Gasteiger partial charge in [-0.15, -0.1) is 0 Å². The molecule has 146 valence electrons. The van der Waals surface area contributed by atoms with Crippen LogP contribution in [0.15, 0.2) is 0 Å². The lowest BCUT2D eigenvalue weighted by Gasteiger charge is -2.30. The van der Waals surface area contributed by atoms with Crippen LogP contribution in [0.5, 0.6) is 0 Å². The maximum absolute atomic E-state index is 5.79. The van der Waals surface area contributed by atoms with Crippen molar-refractivity contribution in [3.05, 3.63) is 0 Å². The Labute approximate surface area is 153 Å². The van der Waals surface area contributed by atoms with Crippen LogP contribution >= 0.6 is 0 Å². The Bertz CT molecular complexity index is 222. The first kappa shape index (κ1) is 23.9. The van der Waals surface area contributed by atoms with Crippen LogP contribution in [0.3, 0.4) is 0 Å². The maximum Gasteiger partial charge on any atom is 0.109 e. The molecule has 0 aliphatic rings. The average molecular weight is 343 g/mol. The van der Waals surface area contributed by atoms with E-state index < -0.39 is 0 Å². The molecule has 0 aromatic heterocycles. The van der Waals surface area contributed by atoms with E-state index in [1.807, 2.05) is 7.11 Å². The van der Waals surface area contributed by atoms with Crippen LogP contribution in [0.1, 0.15) is 117 Å². The summed E-state index contributed by atoms with van der Waals surface area (Å²) in [5.41, 5.74) is 0. The van der Waals surface area contributed by atoms with Crippen LogP contribution in [0, 0.1) is 0 Å². The van der Waals surface area contributed by atoms with E-state index in [0.717, 1.165) is 4.65 Å². The number of hydrogen-bond acceptors (Lipinski definition) is 1. The SMILES string of the molecule is CCCCCCCCCC[N+](C)(CCCCCCCCCC)OC. The standard InChI is InChI=1S/C22H48NO/c1-5-7-9-11-13-15-17-19-21-23(3,24-4)22-20-18-16-14-12-10-8-6-2/h5-22H2,1-4H3/q+1. The van der Waals surface area contributed by atoms with Crippen LogP contribution in [-0.2, 0) is 4.84 Å². The van der Waals surface area contributed by atoms with Crippen molar-refractivity contribution in [2.45, 2.75) is 117 Å². The van der Waals surface area contributed by atoms with Gasteiger partial charge in [0.25, 0.3) is 0 Å². The van der Waals surface area contributed by atoms with Crippen molar-refractivity contribution in [2.75, 3.05) is 27.2 Å². The lowest BCUT2D eigenvalue weighted by atomic mass is 10.1. The van der Waals surface area contributed by atoms with Crippen molar-refractivity contribution in [3.8, 4) is 0 Å². The second kappa shape index (κ2) is 17.7. The molecule has 2 nitrogen and oxygen atoms in total. The number of hydrogen-bond donors (Lipinski definition) is 0. The quantitative estimate of drug-likeness (QED) is 0.136. The number of rotatable bonds is 19. The summed E-state index contributed by atoms with van der Waals surface area (Å²) >= 11 is 0. The van der Waals surface area contributed by atoms with Crippen LogP contribution in [0.25, 0.3) is 0 Å². The highest BCUT2D eigenvalue weighted by molar-refractivity contribution is 4.48. The van der Waals surface area contributed by atoms with Gasteiger partial charge in [0.15, 0.2) is 0 Å². The number of hydroxylamine groups is 3. The van der Waals surface area contributed by atoms with Crippen molar-refractivity contribution < 1.29 is 9.48 Å². The van der Waals surface area contributed by atoms with Gasteiger partial charge in [-0.05, 0) is 25.7 Å². The molecule has 0 rings (SSSR count). The zero-order chi connectivity index (χ0) is 17.9. The summed E-state index contributed by atoms with van der Waals surface area (Å²) in [6, 6.07) is 0. The number of unbranched alkanes of at least 4 members (excludes halogenated alkanes) is 14. The molecule has 0 unspecified atom stereocenters. The van der Waals surface area contributed by atoms with Gasteiger partial charge in [-0.1, -0.05) is 90.9 Å². The minimum atomic E-state index is 0.811. The molecular weight excluding hydrogens is 294 g/mol. The van der Waals surface area contributed by atoms with Gasteiger partial charge >= 0.3 is 0 Å². The van der Waals surface area contributed by atoms with E-state index in [-0.39, 0.29) is 0 Å². The molecule has 0 heterocycles. The molecule has 0 saturated heterocycles. The zero-order valence-electron chi connectivity index (χ0n) is 17.6. The fourth-order valence-corrected chi connectivity index (χ4v) is 3.45. The molecule has 0 saturated carbocycles. The minimum Gasteiger partial charge on any atom is -0.206 e. The smallest absolute Gasteiger partial charge is 0.109 e. The van der Waals surface area contributed by atoms with Gasteiger partial charge in [-0.25, -0.2) is 4.84 Å². The molecule has 0 aromatic rings. The van der Waals surface area contributed by atoms with Crippen LogP contribution in [0.2, 0.25) is 0 Å². The lowest BCUT2D eigenvalue weighted by Crippen LogP contribution is -2.44. The lowest BCUT2D eigenvalue weighted by molar-refractivity contribution is -1.09. The molecule has 0 bridgehead atoms. The van der Waals surface area contributed by atoms with Gasteiger partial charge in [0, 0.05) is 0 Å². The molecule has 0 aromatic carbocycles. The van der Waals surface area contributed by atoms with Gasteiger partial charge in [-0.2, -0.15) is 4.65 Å². The predicted molar refractivity (Wildman–Crippen MR) is 108 cm³/mol. The summed E-state index contributed by atoms with van der Waals surface area (Å²) in [6.07, 6.45) is 22.3. The zero-order valence-corrected chi connectivity index (χ0v) is 17.6. The van der Waals surface area contributed by atoms with Gasteiger partial charge in [0.1, 0.15) is 13.1 Å². The third-order valence-electron chi connectivity index (χ3n) is 5.41. The fourth-order valence-electron chi connectivity index (χ4n) is 3.45. The summed E-state index contributed by atoms with van der Waals surface area (Å²) in [5.74, 6) is 0. The summed E-state index contributed by atoms with van der Waals surface area (Å²) in [4.78, 5) is 5.79. The second-order valence-electron chi connectivity index (χ2n) is 7.88. The highest BCUT2D eigenvalue weighted by Gasteiger charge is 2.20. The maximum atomic E-state index is 5.79. The van der Waals surface area contributed by atoms with Crippen molar-refractivity contribution in [1.29, 1.82) is 0 Å². The first-order valence-electron chi connectivity index (χ1n) is 11.1. The Kier molecular flexibility index (Phi) is 17.7. The molecule has 24 heavy (non-hydrogen) atoms. The minimum absolute atomic E-state index is 0.811. The first-order valence-corrected chi connectivity index (χ1v) is 11.1. The normalized spacial score (nSPS) is 12.0. The summed E-state index contributed by atoms with van der Waals surface area (Å²) in [7, 11) is 4.15. The van der Waals surface area contributed by atoms with Gasteiger partial charge < -0.3 is 0 Å². The van der Waals surface area contributed by atoms with E-state index in [1.54, 1.807) is 0 Å². The molecule has 0 spiro atoms. The molecular formula is C22H48NO+. The number of quaternary nitrogens is 1. The Morgan fingerprint density at radius 1 is 0.500 bits per heavy atom. The summed E-state index contributed by atoms with van der Waals surface area (Å²) in [5, 5.41) is 0. The van der Waals surface area contributed by atoms with Crippen molar-refractivity contribution >= 4 is 0 Å². The van der Waals surface area contributed by atoms with E-state index in [4.69, 9.17) is 4.84 Å². The van der Waals surface area contributed by atoms with E-state index in [9.17, 15) is 0 Å². The predicted octanol–water partition coefficient (Wildman–Crippen LogP) is 7.28. The molecule has 0 aliphatic carbocycles. The monoisotopic (exact) mass is 342 g/mol. The largest absolute Gasteiger partial charge is 0.206 e. The average Bonchev–Trinajstić information content (AvgIpc) is 2.59. The molecule has 2 heteroatoms. The van der Waals surface area contributed by atoms with Crippen LogP contribution in [0.4, 0.5) is 0 Å². The highest BCUT2D eigenvalue weighted by Crippen LogP contribution is 2.14. The Balaban J connectivity index is 3.51. The van der Waals surface area contributed by atoms with E-state index in [2.05, 4.69) is 20.9 Å². The first-order chi connectivity index (χ1) is 11.7. The summed E-state index contributed by atoms with van der Waals surface area (Å²) in [6.45, 7) is 6.94. The second-order valence-corrected chi connectivity index (χ2v) is 7.88. The Hall–Kier alpha value is -0.0800. The molecule has 0 radical (unpaired) electrons. The molecule has 0 amide bonds. The topological polar surface area (TPSA) is 9.23 Å². The number of nitrogens with zero attached hydrogens (tertiary/aromatic N) is 1. The van der Waals surface area contributed by atoms with E-state index in [0.29, 0.717) is 0 Å². The molecule has 0 N–H and O–H groups in total. The summed E-state index contributed by atoms with van der Waals surface area (Å²) < 4.78 is 0.811. The Morgan fingerprint density at radius 2 is 0.792 bits per heavy atom. The van der Waals surface area contributed by atoms with Gasteiger partial charge in [0.2, 0.25) is 0 Å². The third-order valence-corrected chi connectivity index (χ3v) is 5.41. The van der Waals surface area contributed by atoms with Crippen molar-refractivity contribution in [2.24, 2.45) is 0 Å². The van der Waals surface area contributed by atoms with Gasteiger partial charge in [-0.3, -0.25) is 0 Å². The van der Waals surface area contributed by atoms with E-state index >= 15 is 0 Å². The fraction of sp³-hybridized carbons (Fsp3) is 1.00. The van der Waals surface area contributed by atoms with Gasteiger partial charge in [0.05, 0.1) is 14.2 Å². The van der Waals surface area contributed by atoms with Crippen LogP contribution in [-0.4, -0.2) is 31.9 Å². The van der Waals surface area contributed by atoms with E-state index in [1.165, 1.54) is 116 Å². The van der Waals surface area contributed by atoms with Crippen LogP contribution < -0.4 is 0 Å². The third kappa shape index (κ3) is 15.4. The van der Waals surface area contributed by atoms with Crippen molar-refractivity contribution in [1.82, 2.24) is 0 Å². The molecule has 0 aliphatic heterocycles. The molecule has 0 atom stereocenters. The molecule has 0 fully saturated rings. The highest BCUT2D eigenvalue weighted by atomic mass is 16.7. The Morgan fingerprint density at radius 3 is 1.08 bits per heavy atom. The van der Waals surface area contributed by atoms with Crippen molar-refractivity contribution in [3.63, 3.8) is 0 Å².